The predicted octanol–water partition coefficient (Wildman–Crippen LogP) is 2.24. The summed E-state index contributed by atoms with van der Waals surface area (Å²) in [6.07, 6.45) is 1.15. The second-order valence-corrected chi connectivity index (χ2v) is 7.28. The van der Waals surface area contributed by atoms with Crippen molar-refractivity contribution in [3.05, 3.63) is 35.4 Å². The molecule has 3 N–H and O–H groups in total. The molecule has 1 fully saturated rings. The van der Waals surface area contributed by atoms with Crippen molar-refractivity contribution in [2.45, 2.75) is 33.7 Å². The second kappa shape index (κ2) is 7.25. The van der Waals surface area contributed by atoms with Gasteiger partial charge in [0.15, 0.2) is 0 Å². The quantitative estimate of drug-likeness (QED) is 0.847. The van der Waals surface area contributed by atoms with E-state index in [1.54, 1.807) is 0 Å². The molecule has 1 atom stereocenters. The van der Waals surface area contributed by atoms with Crippen molar-refractivity contribution in [3.63, 3.8) is 0 Å². The number of benzene rings is 1. The van der Waals surface area contributed by atoms with Crippen LogP contribution in [0.25, 0.3) is 0 Å². The van der Waals surface area contributed by atoms with Gasteiger partial charge in [-0.3, -0.25) is 9.69 Å². The molecule has 4 nitrogen and oxygen atoms in total. The van der Waals surface area contributed by atoms with E-state index >= 15 is 0 Å². The summed E-state index contributed by atoms with van der Waals surface area (Å²) in [6.45, 7) is 10.9. The van der Waals surface area contributed by atoms with Crippen molar-refractivity contribution < 1.29 is 4.79 Å². The molecule has 0 radical (unpaired) electrons. The molecule has 4 heteroatoms. The Morgan fingerprint density at radius 2 is 2.23 bits per heavy atom. The van der Waals surface area contributed by atoms with Gasteiger partial charge >= 0.3 is 0 Å². The van der Waals surface area contributed by atoms with E-state index < -0.39 is 0 Å². The first kappa shape index (κ1) is 17.0. The summed E-state index contributed by atoms with van der Waals surface area (Å²) in [4.78, 5) is 14.6. The van der Waals surface area contributed by atoms with Gasteiger partial charge < -0.3 is 11.1 Å². The highest BCUT2D eigenvalue weighted by atomic mass is 16.1. The number of nitrogens with one attached hydrogen (secondary N) is 1. The Bertz CT molecular complexity index is 515. The number of hydrogen-bond donors (Lipinski definition) is 2. The van der Waals surface area contributed by atoms with Gasteiger partial charge in [0.25, 0.3) is 5.91 Å². The number of carbonyl (C=O) groups is 1. The van der Waals surface area contributed by atoms with Crippen molar-refractivity contribution in [2.24, 2.45) is 17.1 Å². The van der Waals surface area contributed by atoms with Gasteiger partial charge in [-0.2, -0.15) is 0 Å². The van der Waals surface area contributed by atoms with Crippen LogP contribution < -0.4 is 11.1 Å². The summed E-state index contributed by atoms with van der Waals surface area (Å²) < 4.78 is 0. The smallest absolute Gasteiger partial charge is 0.251 e. The fraction of sp³-hybridized carbons (Fsp3) is 0.611. The van der Waals surface area contributed by atoms with Gasteiger partial charge in [-0.1, -0.05) is 32.9 Å². The molecule has 1 aliphatic rings. The first-order valence-electron chi connectivity index (χ1n) is 8.21. The number of amides is 1. The number of nitrogens with zero attached hydrogens (tertiary/aromatic N) is 1. The maximum Gasteiger partial charge on any atom is 0.251 e. The fourth-order valence-electron chi connectivity index (χ4n) is 2.90. The number of hydrogen-bond acceptors (Lipinski definition) is 3. The maximum atomic E-state index is 12.1. The van der Waals surface area contributed by atoms with E-state index in [2.05, 4.69) is 37.1 Å². The van der Waals surface area contributed by atoms with Crippen LogP contribution in [-0.4, -0.2) is 37.0 Å². The van der Waals surface area contributed by atoms with Gasteiger partial charge in [-0.05, 0) is 48.5 Å². The molecular formula is C18H29N3O. The van der Waals surface area contributed by atoms with Gasteiger partial charge in [0.2, 0.25) is 0 Å². The number of carbonyl (C=O) groups excluding carboxylic acids is 1. The second-order valence-electron chi connectivity index (χ2n) is 7.28. The van der Waals surface area contributed by atoms with Crippen molar-refractivity contribution in [1.29, 1.82) is 0 Å². The van der Waals surface area contributed by atoms with Gasteiger partial charge in [0.05, 0.1) is 0 Å². The summed E-state index contributed by atoms with van der Waals surface area (Å²) in [5.41, 5.74) is 8.05. The van der Waals surface area contributed by atoms with E-state index in [1.807, 2.05) is 18.2 Å². The van der Waals surface area contributed by atoms with Gasteiger partial charge in [0.1, 0.15) is 0 Å². The molecule has 122 valence electrons. The average Bonchev–Trinajstić information content (AvgIpc) is 2.87. The third-order valence-electron chi connectivity index (χ3n) is 4.40. The summed E-state index contributed by atoms with van der Waals surface area (Å²) in [5.74, 6) is 0.481. The first-order chi connectivity index (χ1) is 10.4. The normalized spacial score (nSPS) is 22.2. The Labute approximate surface area is 134 Å². The zero-order chi connectivity index (χ0) is 16.2. The van der Waals surface area contributed by atoms with Crippen LogP contribution in [0, 0.1) is 11.3 Å². The molecule has 22 heavy (non-hydrogen) atoms. The molecule has 2 rings (SSSR count). The molecule has 1 heterocycles. The van der Waals surface area contributed by atoms with Crippen molar-refractivity contribution in [1.82, 2.24) is 10.2 Å². The highest BCUT2D eigenvalue weighted by molar-refractivity contribution is 5.94. The van der Waals surface area contributed by atoms with Crippen molar-refractivity contribution in [3.8, 4) is 0 Å². The fourth-order valence-corrected chi connectivity index (χ4v) is 2.90. The number of rotatable bonds is 6. The predicted molar refractivity (Wildman–Crippen MR) is 90.7 cm³/mol. The molecule has 0 spiro atoms. The lowest BCUT2D eigenvalue weighted by Crippen LogP contribution is -2.31. The summed E-state index contributed by atoms with van der Waals surface area (Å²) >= 11 is 0. The van der Waals surface area contributed by atoms with Crippen LogP contribution in [0.5, 0.6) is 0 Å². The van der Waals surface area contributed by atoms with E-state index in [9.17, 15) is 4.79 Å². The maximum absolute atomic E-state index is 12.1. The van der Waals surface area contributed by atoms with E-state index in [1.165, 1.54) is 5.56 Å². The van der Waals surface area contributed by atoms with Crippen LogP contribution in [0.4, 0.5) is 0 Å². The third kappa shape index (κ3) is 4.55. The molecule has 1 unspecified atom stereocenters. The zero-order valence-electron chi connectivity index (χ0n) is 14.1. The van der Waals surface area contributed by atoms with Crippen LogP contribution >= 0.6 is 0 Å². The topological polar surface area (TPSA) is 58.4 Å². The minimum Gasteiger partial charge on any atom is -0.352 e. The van der Waals surface area contributed by atoms with Gasteiger partial charge in [-0.15, -0.1) is 0 Å². The molecule has 0 aliphatic carbocycles. The Morgan fingerprint density at radius 3 is 2.86 bits per heavy atom. The molecule has 0 aromatic heterocycles. The average molecular weight is 303 g/mol. The Kier molecular flexibility index (Phi) is 5.59. The largest absolute Gasteiger partial charge is 0.352 e. The lowest BCUT2D eigenvalue weighted by Gasteiger charge is -2.22. The SMILES string of the molecule is CC(C)CNC(=O)c1cccc(CN2CCC(C)(CN)C2)c1. The summed E-state index contributed by atoms with van der Waals surface area (Å²) in [7, 11) is 0. The molecule has 1 aromatic rings. The lowest BCUT2D eigenvalue weighted by atomic mass is 9.90. The molecule has 0 saturated carbocycles. The monoisotopic (exact) mass is 303 g/mol. The minimum absolute atomic E-state index is 0.0174. The van der Waals surface area contributed by atoms with Crippen LogP contribution in [0.3, 0.4) is 0 Å². The van der Waals surface area contributed by atoms with E-state index in [0.29, 0.717) is 12.5 Å². The van der Waals surface area contributed by atoms with E-state index in [4.69, 9.17) is 5.73 Å². The van der Waals surface area contributed by atoms with Crippen LogP contribution in [0.2, 0.25) is 0 Å². The van der Waals surface area contributed by atoms with E-state index in [0.717, 1.165) is 38.2 Å². The lowest BCUT2D eigenvalue weighted by molar-refractivity contribution is 0.0949. The molecule has 1 aromatic carbocycles. The highest BCUT2D eigenvalue weighted by Gasteiger charge is 2.32. The molecule has 1 saturated heterocycles. The first-order valence-corrected chi connectivity index (χ1v) is 8.21. The number of likely N-dealkylation sites (tertiary alicyclic amines) is 1. The van der Waals surface area contributed by atoms with Crippen LogP contribution in [0.15, 0.2) is 24.3 Å². The van der Waals surface area contributed by atoms with Crippen molar-refractivity contribution in [2.75, 3.05) is 26.2 Å². The third-order valence-corrected chi connectivity index (χ3v) is 4.40. The molecular weight excluding hydrogens is 274 g/mol. The Balaban J connectivity index is 1.96. The Hall–Kier alpha value is -1.39. The van der Waals surface area contributed by atoms with Gasteiger partial charge in [-0.25, -0.2) is 0 Å². The van der Waals surface area contributed by atoms with Crippen molar-refractivity contribution >= 4 is 5.91 Å². The highest BCUT2D eigenvalue weighted by Crippen LogP contribution is 2.29. The molecule has 0 bridgehead atoms. The van der Waals surface area contributed by atoms with Crippen LogP contribution in [0.1, 0.15) is 43.1 Å². The molecule has 1 aliphatic heterocycles. The minimum atomic E-state index is 0.0174. The van der Waals surface area contributed by atoms with Gasteiger partial charge in [0, 0.05) is 25.2 Å². The number of nitrogens with two attached hydrogens (primary N) is 1. The zero-order valence-corrected chi connectivity index (χ0v) is 14.1. The summed E-state index contributed by atoms with van der Waals surface area (Å²) in [6, 6.07) is 7.95. The van der Waals surface area contributed by atoms with E-state index in [-0.39, 0.29) is 11.3 Å². The Morgan fingerprint density at radius 1 is 1.45 bits per heavy atom. The standard InChI is InChI=1S/C18H29N3O/c1-14(2)10-20-17(22)16-6-4-5-15(9-16)11-21-8-7-18(3,12-19)13-21/h4-6,9,14H,7-8,10-13,19H2,1-3H3,(H,20,22). The summed E-state index contributed by atoms with van der Waals surface area (Å²) in [5, 5.41) is 2.97. The molecule has 1 amide bonds. The van der Waals surface area contributed by atoms with Crippen LogP contribution in [-0.2, 0) is 6.54 Å².